The number of halogens is 2. The summed E-state index contributed by atoms with van der Waals surface area (Å²) in [6.07, 6.45) is 1.31. The monoisotopic (exact) mass is 359 g/mol. The molecule has 0 aliphatic carbocycles. The number of benzene rings is 1. The highest BCUT2D eigenvalue weighted by Crippen LogP contribution is 2.13. The van der Waals surface area contributed by atoms with Crippen LogP contribution in [0.5, 0.6) is 0 Å². The minimum absolute atomic E-state index is 0. The Balaban J connectivity index is 0.00000264. The van der Waals surface area contributed by atoms with E-state index in [0.717, 1.165) is 6.42 Å². The minimum Gasteiger partial charge on any atom is -0.341 e. The third kappa shape index (κ3) is 5.68. The predicted molar refractivity (Wildman–Crippen MR) is 94.3 cm³/mol. The lowest BCUT2D eigenvalue weighted by atomic mass is 10.2. The molecule has 7 heteroatoms. The molecule has 23 heavy (non-hydrogen) atoms. The molecule has 0 spiro atoms. The largest absolute Gasteiger partial charge is 0.341 e. The van der Waals surface area contributed by atoms with Crippen LogP contribution >= 0.6 is 24.0 Å². The Morgan fingerprint density at radius 3 is 2.35 bits per heavy atom. The highest BCUT2D eigenvalue weighted by atomic mass is 35.5. The van der Waals surface area contributed by atoms with E-state index in [4.69, 9.17) is 11.6 Å². The zero-order valence-electron chi connectivity index (χ0n) is 13.3. The van der Waals surface area contributed by atoms with Gasteiger partial charge in [0.15, 0.2) is 0 Å². The van der Waals surface area contributed by atoms with Gasteiger partial charge in [-0.3, -0.25) is 9.59 Å². The van der Waals surface area contributed by atoms with Gasteiger partial charge in [0.2, 0.25) is 5.91 Å². The first kappa shape index (κ1) is 19.7. The first-order chi connectivity index (χ1) is 10.6. The van der Waals surface area contributed by atoms with Crippen molar-refractivity contribution in [1.82, 2.24) is 15.1 Å². The molecule has 1 N–H and O–H groups in total. The topological polar surface area (TPSA) is 52.7 Å². The highest BCUT2D eigenvalue weighted by Gasteiger charge is 2.22. The normalized spacial score (nSPS) is 14.9. The molecule has 1 saturated heterocycles. The van der Waals surface area contributed by atoms with Crippen molar-refractivity contribution < 1.29 is 9.59 Å². The average Bonchev–Trinajstić information content (AvgIpc) is 2.78. The first-order valence-electron chi connectivity index (χ1n) is 7.59. The summed E-state index contributed by atoms with van der Waals surface area (Å²) in [7, 11) is 1.84. The van der Waals surface area contributed by atoms with Crippen molar-refractivity contribution in [3.8, 4) is 0 Å². The quantitative estimate of drug-likeness (QED) is 0.894. The van der Waals surface area contributed by atoms with E-state index >= 15 is 0 Å². The van der Waals surface area contributed by atoms with Crippen LogP contribution in [0.2, 0.25) is 5.02 Å². The van der Waals surface area contributed by atoms with Gasteiger partial charge >= 0.3 is 0 Å². The second kappa shape index (κ2) is 9.75. The van der Waals surface area contributed by atoms with Gasteiger partial charge in [0.25, 0.3) is 5.91 Å². The van der Waals surface area contributed by atoms with Crippen molar-refractivity contribution in [1.29, 1.82) is 0 Å². The molecule has 5 nitrogen and oxygen atoms in total. The number of nitrogens with zero attached hydrogens (tertiary/aromatic N) is 2. The Hall–Kier alpha value is -1.30. The Bertz CT molecular complexity index is 523. The van der Waals surface area contributed by atoms with Gasteiger partial charge in [-0.15, -0.1) is 12.4 Å². The number of carbonyl (C=O) groups is 2. The summed E-state index contributed by atoms with van der Waals surface area (Å²) in [6.45, 7) is 3.25. The van der Waals surface area contributed by atoms with E-state index in [-0.39, 0.29) is 24.2 Å². The molecule has 2 amide bonds. The average molecular weight is 360 g/mol. The van der Waals surface area contributed by atoms with Crippen LogP contribution in [0, 0.1) is 0 Å². The first-order valence-corrected chi connectivity index (χ1v) is 7.97. The molecule has 0 bridgehead atoms. The molecule has 0 saturated carbocycles. The smallest absolute Gasteiger partial charge is 0.253 e. The summed E-state index contributed by atoms with van der Waals surface area (Å²) in [5.41, 5.74) is 0.638. The molecular formula is C16H23Cl2N3O2. The minimum atomic E-state index is 0. The SMILES string of the molecule is CNCCC(=O)N1CCCN(C(=O)c2ccc(Cl)cc2)CC1.Cl. The summed E-state index contributed by atoms with van der Waals surface area (Å²) in [5.74, 6) is 0.149. The van der Waals surface area contributed by atoms with Crippen molar-refractivity contribution in [3.63, 3.8) is 0 Å². The number of hydrogen-bond acceptors (Lipinski definition) is 3. The van der Waals surface area contributed by atoms with Gasteiger partial charge in [0.05, 0.1) is 0 Å². The number of rotatable bonds is 4. The van der Waals surface area contributed by atoms with Gasteiger partial charge in [0.1, 0.15) is 0 Å². The van der Waals surface area contributed by atoms with Crippen molar-refractivity contribution >= 4 is 35.8 Å². The van der Waals surface area contributed by atoms with Crippen LogP contribution in [0.1, 0.15) is 23.2 Å². The van der Waals surface area contributed by atoms with Crippen LogP contribution in [0.3, 0.4) is 0 Å². The second-order valence-electron chi connectivity index (χ2n) is 5.39. The van der Waals surface area contributed by atoms with Crippen LogP contribution in [0.25, 0.3) is 0 Å². The molecule has 1 fully saturated rings. The van der Waals surface area contributed by atoms with E-state index in [1.165, 1.54) is 0 Å². The van der Waals surface area contributed by atoms with Crippen molar-refractivity contribution in [2.45, 2.75) is 12.8 Å². The molecular weight excluding hydrogens is 337 g/mol. The fourth-order valence-electron chi connectivity index (χ4n) is 2.54. The van der Waals surface area contributed by atoms with Gasteiger partial charge in [-0.1, -0.05) is 11.6 Å². The predicted octanol–water partition coefficient (Wildman–Crippen LogP) is 2.05. The number of carbonyl (C=O) groups excluding carboxylic acids is 2. The molecule has 1 heterocycles. The van der Waals surface area contributed by atoms with Gasteiger partial charge < -0.3 is 15.1 Å². The number of nitrogens with one attached hydrogen (secondary N) is 1. The molecule has 1 aromatic rings. The van der Waals surface area contributed by atoms with Crippen LogP contribution in [0.15, 0.2) is 24.3 Å². The fraction of sp³-hybridized carbons (Fsp3) is 0.500. The number of hydrogen-bond donors (Lipinski definition) is 1. The molecule has 0 unspecified atom stereocenters. The van der Waals surface area contributed by atoms with Gasteiger partial charge in [0, 0.05) is 49.7 Å². The third-order valence-corrected chi connectivity index (χ3v) is 4.07. The van der Waals surface area contributed by atoms with Gasteiger partial charge in [-0.2, -0.15) is 0 Å². The maximum absolute atomic E-state index is 12.5. The summed E-state index contributed by atoms with van der Waals surface area (Å²) in [6, 6.07) is 6.93. The molecule has 1 aliphatic rings. The van der Waals surface area contributed by atoms with E-state index < -0.39 is 0 Å². The van der Waals surface area contributed by atoms with Crippen molar-refractivity contribution in [2.75, 3.05) is 39.8 Å². The van der Waals surface area contributed by atoms with Crippen LogP contribution in [-0.4, -0.2) is 61.4 Å². The van der Waals surface area contributed by atoms with Crippen molar-refractivity contribution in [2.24, 2.45) is 0 Å². The highest BCUT2D eigenvalue weighted by molar-refractivity contribution is 6.30. The Morgan fingerprint density at radius 1 is 1.09 bits per heavy atom. The van der Waals surface area contributed by atoms with Crippen molar-refractivity contribution in [3.05, 3.63) is 34.9 Å². The lowest BCUT2D eigenvalue weighted by Gasteiger charge is -2.22. The van der Waals surface area contributed by atoms with Crippen LogP contribution in [-0.2, 0) is 4.79 Å². The van der Waals surface area contributed by atoms with Crippen LogP contribution < -0.4 is 5.32 Å². The van der Waals surface area contributed by atoms with Gasteiger partial charge in [-0.25, -0.2) is 0 Å². The Morgan fingerprint density at radius 2 is 1.70 bits per heavy atom. The summed E-state index contributed by atoms with van der Waals surface area (Å²) < 4.78 is 0. The second-order valence-corrected chi connectivity index (χ2v) is 5.82. The summed E-state index contributed by atoms with van der Waals surface area (Å²) in [5, 5.41) is 3.60. The van der Waals surface area contributed by atoms with Crippen LogP contribution in [0.4, 0.5) is 0 Å². The zero-order chi connectivity index (χ0) is 15.9. The Labute approximate surface area is 148 Å². The molecule has 0 aromatic heterocycles. The summed E-state index contributed by atoms with van der Waals surface area (Å²) >= 11 is 5.85. The lowest BCUT2D eigenvalue weighted by Crippen LogP contribution is -2.38. The molecule has 1 aromatic carbocycles. The Kier molecular flexibility index (Phi) is 8.37. The fourth-order valence-corrected chi connectivity index (χ4v) is 2.66. The van der Waals surface area contributed by atoms with Gasteiger partial charge in [-0.05, 0) is 37.7 Å². The van der Waals surface area contributed by atoms with E-state index in [1.54, 1.807) is 24.3 Å². The molecule has 2 rings (SSSR count). The lowest BCUT2D eigenvalue weighted by molar-refractivity contribution is -0.130. The van der Waals surface area contributed by atoms with E-state index in [9.17, 15) is 9.59 Å². The summed E-state index contributed by atoms with van der Waals surface area (Å²) in [4.78, 5) is 28.2. The standard InChI is InChI=1S/C16H22ClN3O2.ClH/c1-18-8-7-15(21)19-9-2-10-20(12-11-19)16(22)13-3-5-14(17)6-4-13;/h3-6,18H,2,7-12H2,1H3;1H. The molecule has 0 atom stereocenters. The molecule has 128 valence electrons. The molecule has 1 aliphatic heterocycles. The van der Waals surface area contributed by atoms with E-state index in [0.29, 0.717) is 49.7 Å². The third-order valence-electron chi connectivity index (χ3n) is 3.82. The maximum atomic E-state index is 12.5. The maximum Gasteiger partial charge on any atom is 0.253 e. The molecule has 0 radical (unpaired) electrons. The zero-order valence-corrected chi connectivity index (χ0v) is 14.8. The van der Waals surface area contributed by atoms with E-state index in [1.807, 2.05) is 16.8 Å². The number of amides is 2. The van der Waals surface area contributed by atoms with E-state index in [2.05, 4.69) is 5.32 Å².